The van der Waals surface area contributed by atoms with Gasteiger partial charge in [0.2, 0.25) is 0 Å². The Morgan fingerprint density at radius 1 is 1.14 bits per heavy atom. The molecule has 4 aromatic heterocycles. The molecule has 4 heterocycles. The largest absolute Gasteiger partial charge is 0.380 e. The third-order valence-electron chi connectivity index (χ3n) is 3.75. The minimum atomic E-state index is -0.488. The number of fused-ring (bicyclic) bond motifs is 1. The van der Waals surface area contributed by atoms with E-state index >= 15 is 0 Å². The summed E-state index contributed by atoms with van der Waals surface area (Å²) < 4.78 is 6.82. The standard InChI is InChI=1S/C16H14ClN9O2/c1-28-9-11-13(8-22-25-5-4-18-14(11)25)24-16(27)23-10-6-12(17)15(19-7-10)26-20-2-3-21-26/h2-8H,9H2,1H3,(H2,23,24,27). The number of methoxy groups -OCH3 is 1. The molecule has 0 aliphatic carbocycles. The predicted octanol–water partition coefficient (Wildman–Crippen LogP) is 2.15. The molecule has 0 bridgehead atoms. The second-order valence-corrected chi connectivity index (χ2v) is 6.00. The van der Waals surface area contributed by atoms with Crippen LogP contribution in [0.4, 0.5) is 16.2 Å². The van der Waals surface area contributed by atoms with Crippen LogP contribution in [-0.4, -0.2) is 47.7 Å². The lowest BCUT2D eigenvalue weighted by Crippen LogP contribution is -2.21. The Morgan fingerprint density at radius 3 is 2.71 bits per heavy atom. The topological polar surface area (TPSA) is 124 Å². The lowest BCUT2D eigenvalue weighted by atomic mass is 10.2. The van der Waals surface area contributed by atoms with Gasteiger partial charge in [0.15, 0.2) is 11.5 Å². The number of halogens is 1. The van der Waals surface area contributed by atoms with Gasteiger partial charge in [0.1, 0.15) is 0 Å². The summed E-state index contributed by atoms with van der Waals surface area (Å²) >= 11 is 6.21. The molecule has 0 saturated heterocycles. The predicted molar refractivity (Wildman–Crippen MR) is 101 cm³/mol. The monoisotopic (exact) mass is 399 g/mol. The van der Waals surface area contributed by atoms with Crippen molar-refractivity contribution >= 4 is 34.7 Å². The Labute approximate surface area is 163 Å². The Balaban J connectivity index is 1.53. The number of aromatic nitrogens is 7. The van der Waals surface area contributed by atoms with Crippen LogP contribution in [0.1, 0.15) is 5.56 Å². The molecule has 4 rings (SSSR count). The summed E-state index contributed by atoms with van der Waals surface area (Å²) in [5.74, 6) is 0.356. The fourth-order valence-electron chi connectivity index (χ4n) is 2.57. The molecular formula is C16H14ClN9O2. The highest BCUT2D eigenvalue weighted by Gasteiger charge is 2.14. The van der Waals surface area contributed by atoms with Crippen molar-refractivity contribution in [2.45, 2.75) is 6.61 Å². The summed E-state index contributed by atoms with van der Waals surface area (Å²) in [6.45, 7) is 0.262. The zero-order valence-electron chi connectivity index (χ0n) is 14.6. The van der Waals surface area contributed by atoms with E-state index in [0.717, 1.165) is 0 Å². The summed E-state index contributed by atoms with van der Waals surface area (Å²) in [7, 11) is 1.56. The first-order valence-corrected chi connectivity index (χ1v) is 8.44. The van der Waals surface area contributed by atoms with Gasteiger partial charge in [-0.2, -0.15) is 15.3 Å². The minimum Gasteiger partial charge on any atom is -0.380 e. The summed E-state index contributed by atoms with van der Waals surface area (Å²) in [6.07, 6.45) is 9.34. The van der Waals surface area contributed by atoms with Gasteiger partial charge in [0, 0.05) is 25.1 Å². The van der Waals surface area contributed by atoms with Crippen molar-refractivity contribution in [2.24, 2.45) is 0 Å². The molecular weight excluding hydrogens is 386 g/mol. The maximum absolute atomic E-state index is 12.4. The molecule has 11 nitrogen and oxygen atoms in total. The van der Waals surface area contributed by atoms with Gasteiger partial charge in [-0.25, -0.2) is 19.3 Å². The lowest BCUT2D eigenvalue weighted by Gasteiger charge is -2.12. The van der Waals surface area contributed by atoms with Crippen molar-refractivity contribution in [2.75, 3.05) is 17.7 Å². The van der Waals surface area contributed by atoms with Crippen LogP contribution in [0.3, 0.4) is 0 Å². The number of ether oxygens (including phenoxy) is 1. The molecule has 2 N–H and O–H groups in total. The molecule has 0 aliphatic heterocycles. The highest BCUT2D eigenvalue weighted by Crippen LogP contribution is 2.22. The first-order chi connectivity index (χ1) is 13.7. The van der Waals surface area contributed by atoms with Crippen molar-refractivity contribution in [3.63, 3.8) is 0 Å². The van der Waals surface area contributed by atoms with Crippen molar-refractivity contribution in [3.05, 3.63) is 53.8 Å². The van der Waals surface area contributed by atoms with Gasteiger partial charge in [-0.15, -0.1) is 4.80 Å². The molecule has 12 heteroatoms. The van der Waals surface area contributed by atoms with E-state index in [2.05, 4.69) is 35.9 Å². The quantitative estimate of drug-likeness (QED) is 0.526. The molecule has 28 heavy (non-hydrogen) atoms. The summed E-state index contributed by atoms with van der Waals surface area (Å²) in [4.78, 5) is 22.1. The van der Waals surface area contributed by atoms with E-state index in [1.807, 2.05) is 0 Å². The van der Waals surface area contributed by atoms with Gasteiger partial charge in [0.05, 0.1) is 47.8 Å². The lowest BCUT2D eigenvalue weighted by molar-refractivity contribution is 0.186. The van der Waals surface area contributed by atoms with Crippen LogP contribution in [-0.2, 0) is 11.3 Å². The third kappa shape index (κ3) is 3.48. The molecule has 0 saturated carbocycles. The van der Waals surface area contributed by atoms with E-state index in [0.29, 0.717) is 28.4 Å². The number of pyridine rings is 1. The van der Waals surface area contributed by atoms with Crippen LogP contribution < -0.4 is 10.6 Å². The number of nitrogens with zero attached hydrogens (tertiary/aromatic N) is 7. The van der Waals surface area contributed by atoms with Crippen LogP contribution in [0.25, 0.3) is 11.5 Å². The maximum atomic E-state index is 12.4. The SMILES string of the molecule is COCc1c(NC(=O)Nc2cnc(-n3nccn3)c(Cl)c2)cnn2ccnc12. The fourth-order valence-corrected chi connectivity index (χ4v) is 2.82. The number of amides is 2. The molecule has 2 amide bonds. The highest BCUT2D eigenvalue weighted by atomic mass is 35.5. The number of hydrogen-bond donors (Lipinski definition) is 2. The van der Waals surface area contributed by atoms with Gasteiger partial charge in [-0.3, -0.25) is 0 Å². The number of anilines is 2. The van der Waals surface area contributed by atoms with E-state index in [1.165, 1.54) is 29.6 Å². The molecule has 0 radical (unpaired) electrons. The van der Waals surface area contributed by atoms with Crippen molar-refractivity contribution < 1.29 is 9.53 Å². The van der Waals surface area contributed by atoms with E-state index in [1.54, 1.807) is 30.1 Å². The number of nitrogens with one attached hydrogen (secondary N) is 2. The van der Waals surface area contributed by atoms with E-state index < -0.39 is 6.03 Å². The number of imidazole rings is 1. The molecule has 0 spiro atoms. The molecule has 0 atom stereocenters. The molecule has 4 aromatic rings. The van der Waals surface area contributed by atoms with E-state index in [9.17, 15) is 4.79 Å². The molecule has 0 aliphatic rings. The number of hydrogen-bond acceptors (Lipinski definition) is 7. The minimum absolute atomic E-state index is 0.262. The first kappa shape index (κ1) is 17.8. The Morgan fingerprint density at radius 2 is 1.96 bits per heavy atom. The molecule has 0 aromatic carbocycles. The zero-order chi connectivity index (χ0) is 19.5. The van der Waals surface area contributed by atoms with Gasteiger partial charge < -0.3 is 15.4 Å². The van der Waals surface area contributed by atoms with E-state index in [4.69, 9.17) is 16.3 Å². The first-order valence-electron chi connectivity index (χ1n) is 8.06. The van der Waals surface area contributed by atoms with Crippen molar-refractivity contribution in [3.8, 4) is 5.82 Å². The van der Waals surface area contributed by atoms with Crippen LogP contribution >= 0.6 is 11.6 Å². The second-order valence-electron chi connectivity index (χ2n) is 5.59. The average molecular weight is 400 g/mol. The van der Waals surface area contributed by atoms with Crippen molar-refractivity contribution in [1.82, 2.24) is 34.6 Å². The Bertz CT molecular complexity index is 1130. The van der Waals surface area contributed by atoms with Gasteiger partial charge in [0.25, 0.3) is 0 Å². The smallest absolute Gasteiger partial charge is 0.323 e. The Hall–Kier alpha value is -3.57. The Kier molecular flexibility index (Phi) is 4.83. The van der Waals surface area contributed by atoms with E-state index in [-0.39, 0.29) is 11.6 Å². The normalized spacial score (nSPS) is 10.9. The highest BCUT2D eigenvalue weighted by molar-refractivity contribution is 6.32. The van der Waals surface area contributed by atoms with Crippen LogP contribution in [0, 0.1) is 0 Å². The summed E-state index contributed by atoms with van der Waals surface area (Å²) in [5.41, 5.74) is 2.19. The summed E-state index contributed by atoms with van der Waals surface area (Å²) in [5, 5.41) is 17.9. The van der Waals surface area contributed by atoms with Gasteiger partial charge in [-0.1, -0.05) is 11.6 Å². The van der Waals surface area contributed by atoms with Crippen molar-refractivity contribution in [1.29, 1.82) is 0 Å². The van der Waals surface area contributed by atoms with Gasteiger partial charge in [-0.05, 0) is 6.07 Å². The van der Waals surface area contributed by atoms with Crippen LogP contribution in [0.2, 0.25) is 5.02 Å². The fraction of sp³-hybridized carbons (Fsp3) is 0.125. The number of urea groups is 1. The van der Waals surface area contributed by atoms with Crippen LogP contribution in [0.15, 0.2) is 43.2 Å². The number of carbonyl (C=O) groups is 1. The number of carbonyl (C=O) groups excluding carboxylic acids is 1. The molecule has 0 unspecified atom stereocenters. The summed E-state index contributed by atoms with van der Waals surface area (Å²) in [6, 6.07) is 1.07. The third-order valence-corrected chi connectivity index (χ3v) is 4.03. The molecule has 142 valence electrons. The average Bonchev–Trinajstić information content (AvgIpc) is 3.35. The molecule has 0 fully saturated rings. The second kappa shape index (κ2) is 7.58. The van der Waals surface area contributed by atoms with Gasteiger partial charge >= 0.3 is 6.03 Å². The zero-order valence-corrected chi connectivity index (χ0v) is 15.3. The number of rotatable bonds is 5. The maximum Gasteiger partial charge on any atom is 0.323 e. The van der Waals surface area contributed by atoms with Crippen LogP contribution in [0.5, 0.6) is 0 Å².